The Morgan fingerprint density at radius 1 is 1.04 bits per heavy atom. The summed E-state index contributed by atoms with van der Waals surface area (Å²) in [5.41, 5.74) is 3.75. The van der Waals surface area contributed by atoms with Crippen LogP contribution in [-0.4, -0.2) is 4.98 Å². The largest absolute Gasteiger partial charge is 0.256 e. The van der Waals surface area contributed by atoms with E-state index in [0.29, 0.717) is 11.5 Å². The summed E-state index contributed by atoms with van der Waals surface area (Å²) in [5, 5.41) is 0. The zero-order chi connectivity index (χ0) is 17.6. The third-order valence-corrected chi connectivity index (χ3v) is 5.81. The van der Waals surface area contributed by atoms with Gasteiger partial charge in [0, 0.05) is 11.8 Å². The van der Waals surface area contributed by atoms with Gasteiger partial charge in [-0.2, -0.15) is 0 Å². The van der Waals surface area contributed by atoms with Crippen LogP contribution in [0.4, 0.5) is 4.39 Å². The third kappa shape index (κ3) is 4.48. The summed E-state index contributed by atoms with van der Waals surface area (Å²) in [6, 6.07) is 9.82. The predicted molar refractivity (Wildman–Crippen MR) is 103 cm³/mol. The molecule has 1 fully saturated rings. The first kappa shape index (κ1) is 18.1. The number of halogens is 1. The Bertz CT molecular complexity index is 669. The van der Waals surface area contributed by atoms with Crippen molar-refractivity contribution in [2.24, 2.45) is 5.92 Å². The van der Waals surface area contributed by atoms with Crippen molar-refractivity contribution in [3.8, 4) is 11.3 Å². The molecule has 1 heterocycles. The second-order valence-electron chi connectivity index (χ2n) is 7.52. The van der Waals surface area contributed by atoms with Crippen molar-refractivity contribution in [3.05, 3.63) is 53.5 Å². The Labute approximate surface area is 151 Å². The molecule has 1 aliphatic carbocycles. The van der Waals surface area contributed by atoms with Crippen LogP contribution in [0.5, 0.6) is 0 Å². The Hall–Kier alpha value is -1.70. The molecule has 1 aliphatic rings. The highest BCUT2D eigenvalue weighted by Gasteiger charge is 2.22. The van der Waals surface area contributed by atoms with Crippen molar-refractivity contribution in [2.45, 2.75) is 71.1 Å². The molecule has 1 nitrogen and oxygen atoms in total. The molecule has 0 N–H and O–H groups in total. The second kappa shape index (κ2) is 8.60. The fraction of sp³-hybridized carbons (Fsp3) is 0.522. The number of hydrogen-bond acceptors (Lipinski definition) is 1. The quantitative estimate of drug-likeness (QED) is 0.557. The van der Waals surface area contributed by atoms with Crippen LogP contribution < -0.4 is 0 Å². The molecule has 0 unspecified atom stereocenters. The first-order valence-corrected chi connectivity index (χ1v) is 9.96. The summed E-state index contributed by atoms with van der Waals surface area (Å²) in [6.07, 6.45) is 11.5. The molecule has 2 aromatic rings. The van der Waals surface area contributed by atoms with Gasteiger partial charge in [0.2, 0.25) is 0 Å². The van der Waals surface area contributed by atoms with E-state index in [4.69, 9.17) is 0 Å². The molecule has 1 aromatic carbocycles. The number of nitrogens with zero attached hydrogens (tertiary/aromatic N) is 1. The van der Waals surface area contributed by atoms with Gasteiger partial charge in [-0.25, -0.2) is 4.39 Å². The zero-order valence-electron chi connectivity index (χ0n) is 15.6. The first-order valence-electron chi connectivity index (χ1n) is 9.96. The maximum absolute atomic E-state index is 14.7. The molecule has 0 saturated heterocycles. The highest BCUT2D eigenvalue weighted by molar-refractivity contribution is 5.60. The Morgan fingerprint density at radius 3 is 2.44 bits per heavy atom. The van der Waals surface area contributed by atoms with Crippen LogP contribution in [0.15, 0.2) is 36.5 Å². The number of benzene rings is 1. The maximum Gasteiger partial charge on any atom is 0.132 e. The van der Waals surface area contributed by atoms with Gasteiger partial charge in [-0.1, -0.05) is 38.8 Å². The van der Waals surface area contributed by atoms with Crippen molar-refractivity contribution in [3.63, 3.8) is 0 Å². The molecule has 0 atom stereocenters. The minimum atomic E-state index is -0.135. The van der Waals surface area contributed by atoms with Crippen molar-refractivity contribution < 1.29 is 4.39 Å². The lowest BCUT2D eigenvalue weighted by Crippen LogP contribution is -2.12. The van der Waals surface area contributed by atoms with Gasteiger partial charge in [0.25, 0.3) is 0 Å². The summed E-state index contributed by atoms with van der Waals surface area (Å²) in [5.74, 6) is 1.26. The van der Waals surface area contributed by atoms with E-state index in [9.17, 15) is 4.39 Å². The normalized spacial score (nSPS) is 20.6. The number of rotatable bonds is 6. The maximum atomic E-state index is 14.7. The van der Waals surface area contributed by atoms with Crippen molar-refractivity contribution in [1.82, 2.24) is 4.98 Å². The molecule has 1 saturated carbocycles. The van der Waals surface area contributed by atoms with Gasteiger partial charge in [-0.3, -0.25) is 4.98 Å². The van der Waals surface area contributed by atoms with Crippen molar-refractivity contribution in [1.29, 1.82) is 0 Å². The predicted octanol–water partition coefficient (Wildman–Crippen LogP) is 6.91. The van der Waals surface area contributed by atoms with E-state index in [1.165, 1.54) is 50.5 Å². The molecule has 0 aliphatic heterocycles. The van der Waals surface area contributed by atoms with Gasteiger partial charge >= 0.3 is 0 Å². The number of unbranched alkanes of at least 4 members (excludes halogenated alkanes) is 1. The average Bonchev–Trinajstić information content (AvgIpc) is 2.67. The molecule has 0 spiro atoms. The molecular formula is C23H30FN. The lowest BCUT2D eigenvalue weighted by molar-refractivity contribution is 0.318. The number of hydrogen-bond donors (Lipinski definition) is 0. The number of aromatic nitrogens is 1. The summed E-state index contributed by atoms with van der Waals surface area (Å²) in [7, 11) is 0. The van der Waals surface area contributed by atoms with Crippen LogP contribution in [0, 0.1) is 11.7 Å². The molecule has 2 heteroatoms. The minimum absolute atomic E-state index is 0.135. The number of pyridine rings is 1. The Morgan fingerprint density at radius 2 is 1.84 bits per heavy atom. The monoisotopic (exact) mass is 339 g/mol. The fourth-order valence-electron chi connectivity index (χ4n) is 4.01. The summed E-state index contributed by atoms with van der Waals surface area (Å²) >= 11 is 0. The van der Waals surface area contributed by atoms with Crippen LogP contribution in [0.3, 0.4) is 0 Å². The van der Waals surface area contributed by atoms with Crippen LogP contribution >= 0.6 is 0 Å². The van der Waals surface area contributed by atoms with Crippen LogP contribution in [-0.2, 0) is 6.42 Å². The topological polar surface area (TPSA) is 12.9 Å². The Kier molecular flexibility index (Phi) is 6.23. The minimum Gasteiger partial charge on any atom is -0.256 e. The molecule has 0 bridgehead atoms. The second-order valence-corrected chi connectivity index (χ2v) is 7.52. The summed E-state index contributed by atoms with van der Waals surface area (Å²) in [4.78, 5) is 4.49. The highest BCUT2D eigenvalue weighted by atomic mass is 19.1. The summed E-state index contributed by atoms with van der Waals surface area (Å²) < 4.78 is 14.7. The lowest BCUT2D eigenvalue weighted by atomic mass is 9.77. The van der Waals surface area contributed by atoms with E-state index in [-0.39, 0.29) is 5.82 Å². The fourth-order valence-corrected chi connectivity index (χ4v) is 4.01. The van der Waals surface area contributed by atoms with Gasteiger partial charge in [-0.15, -0.1) is 0 Å². The molecule has 0 radical (unpaired) electrons. The smallest absolute Gasteiger partial charge is 0.132 e. The van der Waals surface area contributed by atoms with E-state index in [1.54, 1.807) is 6.07 Å². The van der Waals surface area contributed by atoms with Crippen molar-refractivity contribution in [2.75, 3.05) is 0 Å². The van der Waals surface area contributed by atoms with Gasteiger partial charge in [-0.05, 0) is 79.7 Å². The molecule has 3 rings (SSSR count). The van der Waals surface area contributed by atoms with Crippen LogP contribution in [0.2, 0.25) is 0 Å². The van der Waals surface area contributed by atoms with E-state index in [1.807, 2.05) is 18.3 Å². The van der Waals surface area contributed by atoms with E-state index < -0.39 is 0 Å². The zero-order valence-corrected chi connectivity index (χ0v) is 15.6. The number of aryl methyl sites for hydroxylation is 1. The first-order chi connectivity index (χ1) is 12.2. The van der Waals surface area contributed by atoms with E-state index in [2.05, 4.69) is 31.0 Å². The molecular weight excluding hydrogens is 309 g/mol. The lowest BCUT2D eigenvalue weighted by Gasteiger charge is -2.28. The Balaban J connectivity index is 1.71. The van der Waals surface area contributed by atoms with E-state index in [0.717, 1.165) is 23.6 Å². The molecule has 1 aromatic heterocycles. The molecule has 134 valence electrons. The van der Waals surface area contributed by atoms with Gasteiger partial charge in [0.05, 0.1) is 5.69 Å². The SMILES string of the molecule is CCCCc1ccc(-c2ccc([C@H]3CC[C@H](CC)CC3)cc2F)nc1. The highest BCUT2D eigenvalue weighted by Crippen LogP contribution is 2.38. The van der Waals surface area contributed by atoms with Crippen LogP contribution in [0.1, 0.15) is 75.8 Å². The van der Waals surface area contributed by atoms with Gasteiger partial charge < -0.3 is 0 Å². The van der Waals surface area contributed by atoms with Crippen molar-refractivity contribution >= 4 is 0 Å². The molecule has 25 heavy (non-hydrogen) atoms. The van der Waals surface area contributed by atoms with Crippen LogP contribution in [0.25, 0.3) is 11.3 Å². The van der Waals surface area contributed by atoms with Gasteiger partial charge in [0.15, 0.2) is 0 Å². The molecule has 0 amide bonds. The average molecular weight is 339 g/mol. The van der Waals surface area contributed by atoms with Gasteiger partial charge in [0.1, 0.15) is 5.82 Å². The van der Waals surface area contributed by atoms with E-state index >= 15 is 0 Å². The standard InChI is InChI=1S/C23H30FN/c1-3-5-6-18-9-14-23(25-16-18)21-13-12-20(15-22(21)24)19-10-7-17(4-2)8-11-19/h9,12-17,19H,3-8,10-11H2,1-2H3/t17-,19-. The third-order valence-electron chi connectivity index (χ3n) is 5.81. The summed E-state index contributed by atoms with van der Waals surface area (Å²) in [6.45, 7) is 4.47.